The molecule has 3 heterocycles. The molecule has 0 spiro atoms. The minimum absolute atomic E-state index is 0.00733. The Balaban J connectivity index is 1.52. The Labute approximate surface area is 253 Å². The van der Waals surface area contributed by atoms with Gasteiger partial charge in [-0.15, -0.1) is 0 Å². The second-order valence-corrected chi connectivity index (χ2v) is 11.6. The number of benzene rings is 2. The van der Waals surface area contributed by atoms with E-state index in [9.17, 15) is 14.4 Å². The summed E-state index contributed by atoms with van der Waals surface area (Å²) in [5.41, 5.74) is 1.75. The predicted molar refractivity (Wildman–Crippen MR) is 162 cm³/mol. The molecule has 3 aromatic rings. The number of rotatable bonds is 9. The van der Waals surface area contributed by atoms with E-state index in [2.05, 4.69) is 4.99 Å². The average Bonchev–Trinajstić information content (AvgIpc) is 3.64. The fourth-order valence-electron chi connectivity index (χ4n) is 5.22. The largest absolute Gasteiger partial charge is 0.497 e. The van der Waals surface area contributed by atoms with Gasteiger partial charge in [-0.1, -0.05) is 23.5 Å². The summed E-state index contributed by atoms with van der Waals surface area (Å²) < 4.78 is 24.4. The van der Waals surface area contributed by atoms with Crippen molar-refractivity contribution in [2.45, 2.75) is 45.8 Å². The van der Waals surface area contributed by atoms with Gasteiger partial charge < -0.3 is 23.8 Å². The lowest BCUT2D eigenvalue weighted by Crippen LogP contribution is -2.40. The molecule has 0 bridgehead atoms. The molecule has 1 atom stereocenters. The number of carbonyl (C=O) groups excluding carboxylic acids is 2. The lowest BCUT2D eigenvalue weighted by atomic mass is 9.94. The second-order valence-electron chi connectivity index (χ2n) is 10.6. The van der Waals surface area contributed by atoms with Crippen molar-refractivity contribution >= 4 is 29.3 Å². The summed E-state index contributed by atoms with van der Waals surface area (Å²) >= 11 is 1.23. The number of amides is 1. The van der Waals surface area contributed by atoms with Crippen molar-refractivity contribution in [1.82, 2.24) is 9.47 Å². The zero-order valence-electron chi connectivity index (χ0n) is 24.9. The van der Waals surface area contributed by atoms with E-state index in [0.717, 1.165) is 31.5 Å². The molecule has 1 amide bonds. The summed E-state index contributed by atoms with van der Waals surface area (Å²) in [6.45, 7) is 6.83. The van der Waals surface area contributed by atoms with Crippen LogP contribution in [-0.2, 0) is 14.3 Å². The molecule has 1 aromatic heterocycles. The maximum Gasteiger partial charge on any atom is 0.338 e. The zero-order chi connectivity index (χ0) is 30.7. The number of aromatic nitrogens is 1. The lowest BCUT2D eigenvalue weighted by Gasteiger charge is -2.26. The first-order chi connectivity index (χ1) is 20.7. The third kappa shape index (κ3) is 6.36. The van der Waals surface area contributed by atoms with Gasteiger partial charge in [0.05, 0.1) is 36.1 Å². The Morgan fingerprint density at radius 1 is 1.05 bits per heavy atom. The monoisotopic (exact) mass is 605 g/mol. The Bertz CT molecular complexity index is 1730. The van der Waals surface area contributed by atoms with Gasteiger partial charge in [0.1, 0.15) is 23.3 Å². The van der Waals surface area contributed by atoms with Crippen LogP contribution in [0.3, 0.4) is 0 Å². The molecule has 5 rings (SSSR count). The van der Waals surface area contributed by atoms with Crippen LogP contribution in [0.25, 0.3) is 6.08 Å². The summed E-state index contributed by atoms with van der Waals surface area (Å²) in [7, 11) is 3.08. The number of nitrogens with zero attached hydrogens (tertiary/aromatic N) is 3. The molecule has 2 aromatic carbocycles. The highest BCUT2D eigenvalue weighted by Crippen LogP contribution is 2.38. The Hall–Kier alpha value is -4.38. The molecular formula is C32H35N3O7S. The van der Waals surface area contributed by atoms with Crippen molar-refractivity contribution in [3.8, 4) is 17.2 Å². The molecule has 226 valence electrons. The van der Waals surface area contributed by atoms with Gasteiger partial charge in [-0.05, 0) is 75.6 Å². The molecule has 11 heteroatoms. The predicted octanol–water partition coefficient (Wildman–Crippen LogP) is 3.21. The number of likely N-dealkylation sites (tertiary alicyclic amines) is 1. The lowest BCUT2D eigenvalue weighted by molar-refractivity contribution is -0.143. The van der Waals surface area contributed by atoms with Gasteiger partial charge in [0, 0.05) is 18.7 Å². The SMILES string of the molecule is COc1ccc(OC)c([C@@H]2C(C(=O)OC(C)C)=C(C)N=c3s/c(=C\c4ccc(OCC(=O)N5CCCC5)cc4)c(=O)n32)c1. The molecule has 10 nitrogen and oxygen atoms in total. The number of ether oxygens (including phenoxy) is 4. The first-order valence-corrected chi connectivity index (χ1v) is 15.0. The standard InChI is InChI=1S/C32H35N3O7S/c1-19(2)42-31(38)28-20(3)33-32-35(29(28)24-17-23(39-4)12-13-25(24)40-5)30(37)26(43-32)16-21-8-10-22(11-9-21)41-18-27(36)34-14-6-7-15-34/h8-13,16-17,19,29H,6-7,14-15,18H2,1-5H3/b26-16-/t29-/m1/s1. The van der Waals surface area contributed by atoms with Crippen molar-refractivity contribution < 1.29 is 28.5 Å². The number of hydrogen-bond donors (Lipinski definition) is 0. The molecule has 0 N–H and O–H groups in total. The number of allylic oxidation sites excluding steroid dienone is 1. The third-order valence-corrected chi connectivity index (χ3v) is 8.30. The first kappa shape index (κ1) is 30.1. The van der Waals surface area contributed by atoms with Gasteiger partial charge in [0.2, 0.25) is 0 Å². The molecular weight excluding hydrogens is 570 g/mol. The van der Waals surface area contributed by atoms with Crippen molar-refractivity contribution in [2.75, 3.05) is 33.9 Å². The summed E-state index contributed by atoms with van der Waals surface area (Å²) in [6.07, 6.45) is 3.47. The van der Waals surface area contributed by atoms with Crippen molar-refractivity contribution in [3.63, 3.8) is 0 Å². The third-order valence-electron chi connectivity index (χ3n) is 7.31. The highest BCUT2D eigenvalue weighted by atomic mass is 32.1. The van der Waals surface area contributed by atoms with Gasteiger partial charge in [-0.3, -0.25) is 14.2 Å². The summed E-state index contributed by atoms with van der Waals surface area (Å²) in [5, 5.41) is 0. The maximum absolute atomic E-state index is 14.0. The van der Waals surface area contributed by atoms with Gasteiger partial charge in [-0.25, -0.2) is 9.79 Å². The van der Waals surface area contributed by atoms with Gasteiger partial charge >= 0.3 is 5.97 Å². The zero-order valence-corrected chi connectivity index (χ0v) is 25.7. The number of thiazole rings is 1. The van der Waals surface area contributed by atoms with Crippen molar-refractivity contribution in [1.29, 1.82) is 0 Å². The van der Waals surface area contributed by atoms with Crippen LogP contribution in [0.2, 0.25) is 0 Å². The molecule has 1 fully saturated rings. The molecule has 0 saturated carbocycles. The first-order valence-electron chi connectivity index (χ1n) is 14.2. The van der Waals surface area contributed by atoms with Crippen LogP contribution in [0.1, 0.15) is 50.8 Å². The number of carbonyl (C=O) groups is 2. The summed E-state index contributed by atoms with van der Waals surface area (Å²) in [4.78, 5) is 46.6. The van der Waals surface area contributed by atoms with Crippen LogP contribution < -0.4 is 29.1 Å². The van der Waals surface area contributed by atoms with E-state index in [1.165, 1.54) is 23.0 Å². The molecule has 0 radical (unpaired) electrons. The van der Waals surface area contributed by atoms with Crippen LogP contribution in [-0.4, -0.2) is 61.4 Å². The Morgan fingerprint density at radius 3 is 2.40 bits per heavy atom. The van der Waals surface area contributed by atoms with E-state index in [-0.39, 0.29) is 29.8 Å². The number of fused-ring (bicyclic) bond motifs is 1. The summed E-state index contributed by atoms with van der Waals surface area (Å²) in [5.74, 6) is 1.04. The van der Waals surface area contributed by atoms with Crippen LogP contribution in [0.4, 0.5) is 0 Å². The van der Waals surface area contributed by atoms with Crippen LogP contribution >= 0.6 is 11.3 Å². The van der Waals surface area contributed by atoms with Crippen LogP contribution in [0, 0.1) is 0 Å². The van der Waals surface area contributed by atoms with E-state index in [0.29, 0.717) is 37.8 Å². The van der Waals surface area contributed by atoms with Crippen molar-refractivity contribution in [3.05, 3.63) is 84.5 Å². The molecule has 0 aliphatic carbocycles. The smallest absolute Gasteiger partial charge is 0.338 e. The van der Waals surface area contributed by atoms with E-state index in [4.69, 9.17) is 18.9 Å². The van der Waals surface area contributed by atoms with Crippen molar-refractivity contribution in [2.24, 2.45) is 4.99 Å². The highest BCUT2D eigenvalue weighted by Gasteiger charge is 2.35. The number of hydrogen-bond acceptors (Lipinski definition) is 9. The van der Waals surface area contributed by atoms with E-state index >= 15 is 0 Å². The van der Waals surface area contributed by atoms with E-state index in [1.54, 1.807) is 64.3 Å². The number of esters is 1. The minimum Gasteiger partial charge on any atom is -0.497 e. The number of methoxy groups -OCH3 is 2. The molecule has 43 heavy (non-hydrogen) atoms. The highest BCUT2D eigenvalue weighted by molar-refractivity contribution is 7.07. The molecule has 1 saturated heterocycles. The van der Waals surface area contributed by atoms with E-state index in [1.807, 2.05) is 17.0 Å². The summed E-state index contributed by atoms with van der Waals surface area (Å²) in [6, 6.07) is 11.6. The normalized spacial score (nSPS) is 16.7. The van der Waals surface area contributed by atoms with Gasteiger partial charge in [0.15, 0.2) is 11.4 Å². The van der Waals surface area contributed by atoms with E-state index < -0.39 is 12.0 Å². The average molecular weight is 606 g/mol. The fourth-order valence-corrected chi connectivity index (χ4v) is 6.27. The topological polar surface area (TPSA) is 109 Å². The quantitative estimate of drug-likeness (QED) is 0.345. The Morgan fingerprint density at radius 2 is 1.74 bits per heavy atom. The van der Waals surface area contributed by atoms with Gasteiger partial charge in [0.25, 0.3) is 11.5 Å². The van der Waals surface area contributed by atoms with Crippen LogP contribution in [0.5, 0.6) is 17.2 Å². The van der Waals surface area contributed by atoms with Gasteiger partial charge in [-0.2, -0.15) is 0 Å². The molecule has 0 unspecified atom stereocenters. The Kier molecular flexibility index (Phi) is 9.00. The minimum atomic E-state index is -0.848. The molecule has 2 aliphatic heterocycles. The maximum atomic E-state index is 14.0. The second kappa shape index (κ2) is 12.9. The van der Waals surface area contributed by atoms with Crippen LogP contribution in [0.15, 0.2) is 63.5 Å². The molecule has 2 aliphatic rings. The fraction of sp³-hybridized carbons (Fsp3) is 0.375.